The summed E-state index contributed by atoms with van der Waals surface area (Å²) in [5.41, 5.74) is 1.09. The maximum Gasteiger partial charge on any atom is 0.222 e. The average molecular weight is 315 g/mol. The number of anilines is 1. The van der Waals surface area contributed by atoms with E-state index in [-0.39, 0.29) is 0 Å². The van der Waals surface area contributed by atoms with E-state index in [0.29, 0.717) is 12.5 Å². The fraction of sp³-hybridized carbons (Fsp3) is 0.222. The highest BCUT2D eigenvalue weighted by molar-refractivity contribution is 14.1. The smallest absolute Gasteiger partial charge is 0.222 e. The molecule has 0 saturated heterocycles. The van der Waals surface area contributed by atoms with Gasteiger partial charge in [-0.25, -0.2) is 15.0 Å². The first-order valence-corrected chi connectivity index (χ1v) is 5.50. The molecule has 2 heterocycles. The highest BCUT2D eigenvalue weighted by Gasteiger charge is 1.99. The minimum absolute atomic E-state index is 0.636. The van der Waals surface area contributed by atoms with Crippen molar-refractivity contribution in [2.45, 2.75) is 6.54 Å². The molecule has 5 nitrogen and oxygen atoms in total. The fourth-order valence-electron chi connectivity index (χ4n) is 1.13. The van der Waals surface area contributed by atoms with Crippen molar-refractivity contribution in [3.63, 3.8) is 0 Å². The Morgan fingerprint density at radius 2 is 2.07 bits per heavy atom. The second-order valence-electron chi connectivity index (χ2n) is 3.07. The van der Waals surface area contributed by atoms with Crippen LogP contribution in [0.25, 0.3) is 0 Å². The zero-order valence-electron chi connectivity index (χ0n) is 8.18. The first kappa shape index (κ1) is 10.3. The lowest BCUT2D eigenvalue weighted by atomic mass is 10.4. The number of rotatable bonds is 3. The monoisotopic (exact) mass is 315 g/mol. The van der Waals surface area contributed by atoms with Gasteiger partial charge in [-0.2, -0.15) is 0 Å². The molecule has 2 aromatic heterocycles. The Morgan fingerprint density at radius 1 is 1.33 bits per heavy atom. The second-order valence-corrected chi connectivity index (χ2v) is 4.32. The van der Waals surface area contributed by atoms with Crippen LogP contribution in [-0.2, 0) is 13.6 Å². The molecule has 0 aliphatic rings. The molecule has 0 fully saturated rings. The van der Waals surface area contributed by atoms with Gasteiger partial charge in [0, 0.05) is 29.2 Å². The van der Waals surface area contributed by atoms with E-state index < -0.39 is 0 Å². The first-order chi connectivity index (χ1) is 7.25. The molecular formula is C9H10IN5. The number of nitrogens with one attached hydrogen (secondary N) is 1. The Bertz CT molecular complexity index is 436. The van der Waals surface area contributed by atoms with Gasteiger partial charge in [0.1, 0.15) is 0 Å². The van der Waals surface area contributed by atoms with Crippen molar-refractivity contribution in [2.75, 3.05) is 5.32 Å². The van der Waals surface area contributed by atoms with E-state index in [0.717, 1.165) is 9.26 Å². The van der Waals surface area contributed by atoms with Crippen LogP contribution in [0.1, 0.15) is 5.69 Å². The molecule has 0 spiro atoms. The van der Waals surface area contributed by atoms with Crippen LogP contribution in [0.4, 0.5) is 5.95 Å². The van der Waals surface area contributed by atoms with Crippen molar-refractivity contribution in [3.05, 3.63) is 34.2 Å². The van der Waals surface area contributed by atoms with E-state index >= 15 is 0 Å². The molecule has 15 heavy (non-hydrogen) atoms. The van der Waals surface area contributed by atoms with Crippen LogP contribution >= 0.6 is 22.6 Å². The van der Waals surface area contributed by atoms with E-state index in [1.165, 1.54) is 0 Å². The van der Waals surface area contributed by atoms with Gasteiger partial charge in [-0.05, 0) is 22.6 Å². The molecule has 0 unspecified atom stereocenters. The summed E-state index contributed by atoms with van der Waals surface area (Å²) in [7, 11) is 1.96. The minimum Gasteiger partial charge on any atom is -0.349 e. The number of hydrogen-bond acceptors (Lipinski definition) is 4. The van der Waals surface area contributed by atoms with E-state index in [1.54, 1.807) is 18.7 Å². The molecule has 78 valence electrons. The van der Waals surface area contributed by atoms with E-state index in [2.05, 4.69) is 42.9 Å². The quantitative estimate of drug-likeness (QED) is 0.871. The predicted octanol–water partition coefficient (Wildman–Crippen LogP) is 1.43. The number of nitrogens with zero attached hydrogens (tertiary/aromatic N) is 4. The molecule has 0 aliphatic carbocycles. The highest BCUT2D eigenvalue weighted by Crippen LogP contribution is 2.04. The van der Waals surface area contributed by atoms with E-state index in [9.17, 15) is 0 Å². The lowest BCUT2D eigenvalue weighted by molar-refractivity contribution is 0.832. The summed E-state index contributed by atoms with van der Waals surface area (Å²) >= 11 is 2.17. The lowest BCUT2D eigenvalue weighted by Gasteiger charge is -2.04. The third-order valence-electron chi connectivity index (χ3n) is 1.96. The van der Waals surface area contributed by atoms with Crippen molar-refractivity contribution >= 4 is 28.5 Å². The van der Waals surface area contributed by atoms with Gasteiger partial charge in [0.05, 0.1) is 18.6 Å². The van der Waals surface area contributed by atoms with Gasteiger partial charge in [0.25, 0.3) is 0 Å². The van der Waals surface area contributed by atoms with Crippen LogP contribution < -0.4 is 5.32 Å². The standard InChI is InChI=1S/C9H10IN5/c1-15-6-11-4-8(15)5-14-9-12-2-7(10)3-13-9/h2-4,6H,5H2,1H3,(H,12,13,14). The molecule has 2 rings (SSSR count). The van der Waals surface area contributed by atoms with Crippen molar-refractivity contribution in [1.29, 1.82) is 0 Å². The van der Waals surface area contributed by atoms with Gasteiger partial charge >= 0.3 is 0 Å². The van der Waals surface area contributed by atoms with Crippen molar-refractivity contribution in [3.8, 4) is 0 Å². The lowest BCUT2D eigenvalue weighted by Crippen LogP contribution is -2.06. The molecule has 6 heteroatoms. The molecule has 0 atom stereocenters. The number of aryl methyl sites for hydroxylation is 1. The Morgan fingerprint density at radius 3 is 2.67 bits per heavy atom. The summed E-state index contributed by atoms with van der Waals surface area (Å²) in [5.74, 6) is 0.636. The van der Waals surface area contributed by atoms with Crippen LogP contribution in [0.5, 0.6) is 0 Å². The predicted molar refractivity (Wildman–Crippen MR) is 65.3 cm³/mol. The summed E-state index contributed by atoms with van der Waals surface area (Å²) in [5, 5.41) is 3.13. The van der Waals surface area contributed by atoms with Crippen molar-refractivity contribution in [1.82, 2.24) is 19.5 Å². The first-order valence-electron chi connectivity index (χ1n) is 4.42. The summed E-state index contributed by atoms with van der Waals surface area (Å²) in [6.45, 7) is 0.678. The molecule has 1 N–H and O–H groups in total. The van der Waals surface area contributed by atoms with Crippen LogP contribution in [0, 0.1) is 3.57 Å². The van der Waals surface area contributed by atoms with Gasteiger partial charge < -0.3 is 9.88 Å². The van der Waals surface area contributed by atoms with E-state index in [1.807, 2.05) is 17.8 Å². The molecule has 2 aromatic rings. The molecule has 0 aliphatic heterocycles. The SMILES string of the molecule is Cn1cncc1CNc1ncc(I)cn1. The molecular weight excluding hydrogens is 305 g/mol. The van der Waals surface area contributed by atoms with Crippen LogP contribution in [0.2, 0.25) is 0 Å². The summed E-state index contributed by atoms with van der Waals surface area (Å²) in [6.07, 6.45) is 7.14. The Labute approximate surface area is 101 Å². The van der Waals surface area contributed by atoms with Crippen LogP contribution in [0.3, 0.4) is 0 Å². The number of aromatic nitrogens is 4. The van der Waals surface area contributed by atoms with Gasteiger partial charge in [-0.1, -0.05) is 0 Å². The average Bonchev–Trinajstić information content (AvgIpc) is 2.63. The van der Waals surface area contributed by atoms with Gasteiger partial charge in [0.2, 0.25) is 5.95 Å². The molecule has 0 radical (unpaired) electrons. The minimum atomic E-state index is 0.636. The Balaban J connectivity index is 1.99. The topological polar surface area (TPSA) is 55.6 Å². The van der Waals surface area contributed by atoms with Gasteiger partial charge in [-0.3, -0.25) is 0 Å². The summed E-state index contributed by atoms with van der Waals surface area (Å²) < 4.78 is 2.98. The third-order valence-corrected chi connectivity index (χ3v) is 2.52. The zero-order valence-corrected chi connectivity index (χ0v) is 10.3. The number of halogens is 1. The normalized spacial score (nSPS) is 10.3. The Hall–Kier alpha value is -1.18. The van der Waals surface area contributed by atoms with Crippen LogP contribution in [-0.4, -0.2) is 19.5 Å². The fourth-order valence-corrected chi connectivity index (χ4v) is 1.41. The summed E-state index contributed by atoms with van der Waals surface area (Å²) in [4.78, 5) is 12.3. The largest absolute Gasteiger partial charge is 0.349 e. The summed E-state index contributed by atoms with van der Waals surface area (Å²) in [6, 6.07) is 0. The molecule has 0 bridgehead atoms. The maximum atomic E-state index is 4.15. The highest BCUT2D eigenvalue weighted by atomic mass is 127. The van der Waals surface area contributed by atoms with Crippen LogP contribution in [0.15, 0.2) is 24.9 Å². The number of imidazole rings is 1. The zero-order chi connectivity index (χ0) is 10.7. The number of hydrogen-bond donors (Lipinski definition) is 1. The second kappa shape index (κ2) is 4.56. The van der Waals surface area contributed by atoms with Gasteiger partial charge in [0.15, 0.2) is 0 Å². The maximum absolute atomic E-state index is 4.15. The molecule has 0 amide bonds. The van der Waals surface area contributed by atoms with Crippen molar-refractivity contribution < 1.29 is 0 Å². The molecule has 0 aromatic carbocycles. The van der Waals surface area contributed by atoms with Gasteiger partial charge in [-0.15, -0.1) is 0 Å². The third kappa shape index (κ3) is 2.65. The van der Waals surface area contributed by atoms with Crippen molar-refractivity contribution in [2.24, 2.45) is 7.05 Å². The molecule has 0 saturated carbocycles. The Kier molecular flexibility index (Phi) is 3.14. The van der Waals surface area contributed by atoms with E-state index in [4.69, 9.17) is 0 Å².